The second-order valence-corrected chi connectivity index (χ2v) is 5.68. The summed E-state index contributed by atoms with van der Waals surface area (Å²) in [4.78, 5) is 11.7. The van der Waals surface area contributed by atoms with Crippen molar-refractivity contribution in [3.05, 3.63) is 28.2 Å². The molecular formula is C14H20BrNO2. The molecule has 0 aliphatic carbocycles. The Kier molecular flexibility index (Phi) is 5.66. The average Bonchev–Trinajstić information content (AvgIpc) is 2.27. The van der Waals surface area contributed by atoms with Crippen LogP contribution in [-0.2, 0) is 4.79 Å². The van der Waals surface area contributed by atoms with Crippen molar-refractivity contribution >= 4 is 21.8 Å². The summed E-state index contributed by atoms with van der Waals surface area (Å²) in [7, 11) is 0. The molecule has 0 aromatic heterocycles. The van der Waals surface area contributed by atoms with Gasteiger partial charge in [-0.05, 0) is 53.4 Å². The van der Waals surface area contributed by atoms with Crippen molar-refractivity contribution in [3.63, 3.8) is 0 Å². The highest BCUT2D eigenvalue weighted by Gasteiger charge is 2.11. The van der Waals surface area contributed by atoms with E-state index >= 15 is 0 Å². The van der Waals surface area contributed by atoms with E-state index in [1.807, 2.05) is 32.0 Å². The van der Waals surface area contributed by atoms with Gasteiger partial charge in [0.25, 0.3) is 5.91 Å². The van der Waals surface area contributed by atoms with Gasteiger partial charge in [0.15, 0.2) is 6.61 Å². The average molecular weight is 314 g/mol. The fourth-order valence-corrected chi connectivity index (χ4v) is 1.94. The summed E-state index contributed by atoms with van der Waals surface area (Å²) in [5, 5.41) is 2.90. The Morgan fingerprint density at radius 1 is 1.39 bits per heavy atom. The molecule has 0 aliphatic rings. The van der Waals surface area contributed by atoms with E-state index in [2.05, 4.69) is 35.1 Å². The summed E-state index contributed by atoms with van der Waals surface area (Å²) in [5.74, 6) is 1.01. The predicted molar refractivity (Wildman–Crippen MR) is 76.8 cm³/mol. The summed E-state index contributed by atoms with van der Waals surface area (Å²) in [6.45, 7) is 8.18. The van der Waals surface area contributed by atoms with E-state index in [4.69, 9.17) is 4.74 Å². The van der Waals surface area contributed by atoms with Gasteiger partial charge in [-0.25, -0.2) is 0 Å². The lowest BCUT2D eigenvalue weighted by Crippen LogP contribution is -2.38. The fourth-order valence-electron chi connectivity index (χ4n) is 1.33. The molecule has 1 unspecified atom stereocenters. The van der Waals surface area contributed by atoms with Crippen LogP contribution in [0.3, 0.4) is 0 Å². The number of aryl methyl sites for hydroxylation is 1. The number of hydrogen-bond acceptors (Lipinski definition) is 2. The molecule has 1 aromatic carbocycles. The Morgan fingerprint density at radius 2 is 2.06 bits per heavy atom. The molecule has 0 spiro atoms. The zero-order valence-corrected chi connectivity index (χ0v) is 12.9. The van der Waals surface area contributed by atoms with Gasteiger partial charge < -0.3 is 10.1 Å². The molecule has 1 aromatic rings. The number of carbonyl (C=O) groups is 1. The highest BCUT2D eigenvalue weighted by molar-refractivity contribution is 9.10. The number of ether oxygens (including phenoxy) is 1. The lowest BCUT2D eigenvalue weighted by molar-refractivity contribution is -0.124. The SMILES string of the molecule is Cc1ccc(OCC(=O)NC(C)C(C)C)c(Br)c1. The molecule has 1 amide bonds. The highest BCUT2D eigenvalue weighted by Crippen LogP contribution is 2.25. The monoisotopic (exact) mass is 313 g/mol. The normalized spacial score (nSPS) is 12.3. The number of amides is 1. The molecule has 100 valence electrons. The Bertz CT molecular complexity index is 418. The number of nitrogens with one attached hydrogen (secondary N) is 1. The topological polar surface area (TPSA) is 38.3 Å². The van der Waals surface area contributed by atoms with Crippen LogP contribution in [0, 0.1) is 12.8 Å². The lowest BCUT2D eigenvalue weighted by Gasteiger charge is -2.17. The first-order valence-electron chi connectivity index (χ1n) is 6.08. The van der Waals surface area contributed by atoms with Crippen molar-refractivity contribution in [1.29, 1.82) is 0 Å². The van der Waals surface area contributed by atoms with Crippen LogP contribution in [0.1, 0.15) is 26.3 Å². The second kappa shape index (κ2) is 6.78. The third-order valence-electron chi connectivity index (χ3n) is 2.83. The van der Waals surface area contributed by atoms with Crippen LogP contribution in [0.25, 0.3) is 0 Å². The third kappa shape index (κ3) is 4.69. The molecule has 0 aliphatic heterocycles. The Balaban J connectivity index is 2.47. The minimum atomic E-state index is -0.0938. The van der Waals surface area contributed by atoms with Crippen LogP contribution >= 0.6 is 15.9 Å². The van der Waals surface area contributed by atoms with E-state index in [-0.39, 0.29) is 18.6 Å². The van der Waals surface area contributed by atoms with E-state index in [1.165, 1.54) is 0 Å². The molecule has 0 saturated carbocycles. The summed E-state index contributed by atoms with van der Waals surface area (Å²) in [6, 6.07) is 5.93. The first kappa shape index (κ1) is 15.0. The summed E-state index contributed by atoms with van der Waals surface area (Å²) in [5.41, 5.74) is 1.15. The maximum Gasteiger partial charge on any atom is 0.258 e. The molecule has 1 rings (SSSR count). The number of benzene rings is 1. The van der Waals surface area contributed by atoms with E-state index in [0.29, 0.717) is 11.7 Å². The van der Waals surface area contributed by atoms with Gasteiger partial charge in [-0.1, -0.05) is 19.9 Å². The lowest BCUT2D eigenvalue weighted by atomic mass is 10.1. The quantitative estimate of drug-likeness (QED) is 0.905. The second-order valence-electron chi connectivity index (χ2n) is 4.82. The van der Waals surface area contributed by atoms with E-state index < -0.39 is 0 Å². The van der Waals surface area contributed by atoms with Crippen molar-refractivity contribution in [2.24, 2.45) is 5.92 Å². The van der Waals surface area contributed by atoms with Crippen LogP contribution in [0.4, 0.5) is 0 Å². The van der Waals surface area contributed by atoms with Gasteiger partial charge in [0.05, 0.1) is 4.47 Å². The van der Waals surface area contributed by atoms with Crippen LogP contribution in [-0.4, -0.2) is 18.6 Å². The number of halogens is 1. The van der Waals surface area contributed by atoms with E-state index in [1.54, 1.807) is 0 Å². The summed E-state index contributed by atoms with van der Waals surface area (Å²) < 4.78 is 6.34. The van der Waals surface area contributed by atoms with Crippen LogP contribution in [0.5, 0.6) is 5.75 Å². The Hall–Kier alpha value is -1.03. The first-order valence-corrected chi connectivity index (χ1v) is 6.87. The maximum atomic E-state index is 11.7. The van der Waals surface area contributed by atoms with Crippen molar-refractivity contribution in [1.82, 2.24) is 5.32 Å². The predicted octanol–water partition coefficient (Wildman–Crippen LogP) is 3.30. The maximum absolute atomic E-state index is 11.7. The van der Waals surface area contributed by atoms with Gasteiger partial charge >= 0.3 is 0 Å². The molecule has 0 bridgehead atoms. The molecular weight excluding hydrogens is 294 g/mol. The fraction of sp³-hybridized carbons (Fsp3) is 0.500. The van der Waals surface area contributed by atoms with Crippen LogP contribution in [0.2, 0.25) is 0 Å². The zero-order chi connectivity index (χ0) is 13.7. The standard InChI is InChI=1S/C14H20BrNO2/c1-9(2)11(4)16-14(17)8-18-13-6-5-10(3)7-12(13)15/h5-7,9,11H,8H2,1-4H3,(H,16,17). The Morgan fingerprint density at radius 3 is 2.61 bits per heavy atom. The third-order valence-corrected chi connectivity index (χ3v) is 3.45. The molecule has 0 heterocycles. The Labute approximate surface area is 117 Å². The number of hydrogen-bond donors (Lipinski definition) is 1. The number of rotatable bonds is 5. The van der Waals surface area contributed by atoms with Crippen molar-refractivity contribution in [2.45, 2.75) is 33.7 Å². The highest BCUT2D eigenvalue weighted by atomic mass is 79.9. The van der Waals surface area contributed by atoms with E-state index in [0.717, 1.165) is 10.0 Å². The van der Waals surface area contributed by atoms with Gasteiger partial charge in [0.1, 0.15) is 5.75 Å². The summed E-state index contributed by atoms with van der Waals surface area (Å²) >= 11 is 3.41. The zero-order valence-electron chi connectivity index (χ0n) is 11.3. The molecule has 4 heteroatoms. The number of carbonyl (C=O) groups excluding carboxylic acids is 1. The van der Waals surface area contributed by atoms with Crippen LogP contribution in [0.15, 0.2) is 22.7 Å². The van der Waals surface area contributed by atoms with Gasteiger partial charge in [0.2, 0.25) is 0 Å². The van der Waals surface area contributed by atoms with Crippen molar-refractivity contribution < 1.29 is 9.53 Å². The van der Waals surface area contributed by atoms with Gasteiger partial charge in [-0.2, -0.15) is 0 Å². The molecule has 18 heavy (non-hydrogen) atoms. The van der Waals surface area contributed by atoms with Crippen LogP contribution < -0.4 is 10.1 Å². The first-order chi connectivity index (χ1) is 8.40. The van der Waals surface area contributed by atoms with Gasteiger partial charge in [0, 0.05) is 6.04 Å². The van der Waals surface area contributed by atoms with Crippen molar-refractivity contribution in [2.75, 3.05) is 6.61 Å². The summed E-state index contributed by atoms with van der Waals surface area (Å²) in [6.07, 6.45) is 0. The molecule has 1 N–H and O–H groups in total. The van der Waals surface area contributed by atoms with Gasteiger partial charge in [-0.15, -0.1) is 0 Å². The molecule has 0 radical (unpaired) electrons. The molecule has 0 saturated heterocycles. The largest absolute Gasteiger partial charge is 0.483 e. The molecule has 3 nitrogen and oxygen atoms in total. The van der Waals surface area contributed by atoms with Gasteiger partial charge in [-0.3, -0.25) is 4.79 Å². The minimum Gasteiger partial charge on any atom is -0.483 e. The smallest absolute Gasteiger partial charge is 0.258 e. The molecule has 1 atom stereocenters. The van der Waals surface area contributed by atoms with Crippen molar-refractivity contribution in [3.8, 4) is 5.75 Å². The molecule has 0 fully saturated rings. The minimum absolute atomic E-state index is 0.0404. The van der Waals surface area contributed by atoms with E-state index in [9.17, 15) is 4.79 Å².